The first-order valence-electron chi connectivity index (χ1n) is 10.9. The molecule has 0 amide bonds. The third kappa shape index (κ3) is 3.74. The van der Waals surface area contributed by atoms with E-state index in [0.717, 1.165) is 23.4 Å². The molecule has 11 heteroatoms. The highest BCUT2D eigenvalue weighted by Crippen LogP contribution is 2.35. The van der Waals surface area contributed by atoms with Crippen molar-refractivity contribution in [2.24, 2.45) is 0 Å². The normalized spacial score (nSPS) is 11.6. The van der Waals surface area contributed by atoms with Crippen LogP contribution in [0.4, 0.5) is 8.78 Å². The molecular weight excluding hydrogens is 470 g/mol. The Labute approximate surface area is 201 Å². The molecule has 6 aromatic rings. The molecule has 6 rings (SSSR count). The average Bonchev–Trinajstić information content (AvgIpc) is 3.60. The van der Waals surface area contributed by atoms with E-state index in [1.54, 1.807) is 36.9 Å². The number of imidazole rings is 1. The summed E-state index contributed by atoms with van der Waals surface area (Å²) in [7, 11) is 0. The van der Waals surface area contributed by atoms with Gasteiger partial charge in [0.05, 0.1) is 27.5 Å². The van der Waals surface area contributed by atoms with Crippen LogP contribution in [0.15, 0.2) is 49.1 Å². The Balaban J connectivity index is 1.48. The number of hydrogen-bond donors (Lipinski definition) is 3. The van der Waals surface area contributed by atoms with E-state index in [-0.39, 0.29) is 16.2 Å². The summed E-state index contributed by atoms with van der Waals surface area (Å²) < 4.78 is 29.5. The second kappa shape index (κ2) is 8.60. The van der Waals surface area contributed by atoms with Gasteiger partial charge in [0.2, 0.25) is 0 Å². The Hall–Kier alpha value is -4.09. The van der Waals surface area contributed by atoms with Gasteiger partial charge < -0.3 is 10.3 Å². The summed E-state index contributed by atoms with van der Waals surface area (Å²) >= 11 is 0.989. The lowest BCUT2D eigenvalue weighted by Crippen LogP contribution is -2.11. The number of H-pyrrole nitrogens is 2. The number of thiophene rings is 1. The fourth-order valence-electron chi connectivity index (χ4n) is 4.00. The minimum atomic E-state index is -0.521. The van der Waals surface area contributed by atoms with Gasteiger partial charge in [0.25, 0.3) is 0 Å². The summed E-state index contributed by atoms with van der Waals surface area (Å²) in [4.78, 5) is 21.5. The quantitative estimate of drug-likeness (QED) is 0.302. The van der Waals surface area contributed by atoms with Gasteiger partial charge in [-0.25, -0.2) is 9.37 Å². The van der Waals surface area contributed by atoms with E-state index in [9.17, 15) is 4.39 Å². The predicted molar refractivity (Wildman–Crippen MR) is 131 cm³/mol. The van der Waals surface area contributed by atoms with Crippen molar-refractivity contribution in [1.82, 2.24) is 40.4 Å². The van der Waals surface area contributed by atoms with Crippen molar-refractivity contribution in [3.8, 4) is 33.3 Å². The van der Waals surface area contributed by atoms with Crippen LogP contribution < -0.4 is 5.32 Å². The van der Waals surface area contributed by atoms with Crippen LogP contribution in [0.1, 0.15) is 12.5 Å². The maximum Gasteiger partial charge on any atom is 0.177 e. The number of aromatic amines is 2. The molecule has 0 unspecified atom stereocenters. The SMILES string of the molecule is CCNCc1cncc(-c2ncc3[nH]nc(-c4nc5c(-c6ccc(F)s6)nccc5[nH]4)c3c2F)c1. The molecule has 0 bridgehead atoms. The summed E-state index contributed by atoms with van der Waals surface area (Å²) in [5.74, 6) is -0.152. The van der Waals surface area contributed by atoms with E-state index in [4.69, 9.17) is 0 Å². The van der Waals surface area contributed by atoms with Crippen LogP contribution in [0.3, 0.4) is 0 Å². The van der Waals surface area contributed by atoms with Crippen molar-refractivity contribution < 1.29 is 8.78 Å². The topological polar surface area (TPSA) is 108 Å². The Kier molecular flexibility index (Phi) is 5.27. The third-order valence-electron chi connectivity index (χ3n) is 5.62. The molecule has 6 heterocycles. The zero-order chi connectivity index (χ0) is 23.9. The van der Waals surface area contributed by atoms with E-state index in [2.05, 4.69) is 40.4 Å². The van der Waals surface area contributed by atoms with Crippen molar-refractivity contribution in [3.05, 3.63) is 65.6 Å². The molecule has 0 atom stereocenters. The van der Waals surface area contributed by atoms with Crippen molar-refractivity contribution in [1.29, 1.82) is 0 Å². The molecule has 0 aromatic carbocycles. The second-order valence-electron chi connectivity index (χ2n) is 7.89. The standard InChI is InChI=1S/C24H18F2N8S/c1-2-27-8-12-7-13(10-28-9-12)20-19(26)18-15(11-30-20)33-34-23(18)24-31-14-5-6-29-22(21(14)32-24)16-3-4-17(25)35-16/h3-7,9-11,27H,2,8H2,1H3,(H,31,32)(H,33,34). The van der Waals surface area contributed by atoms with Gasteiger partial charge in [-0.15, -0.1) is 11.3 Å². The van der Waals surface area contributed by atoms with Crippen molar-refractivity contribution in [3.63, 3.8) is 0 Å². The number of hydrogen-bond acceptors (Lipinski definition) is 7. The van der Waals surface area contributed by atoms with E-state index >= 15 is 4.39 Å². The van der Waals surface area contributed by atoms with Crippen LogP contribution >= 0.6 is 11.3 Å². The fraction of sp³-hybridized carbons (Fsp3) is 0.125. The molecule has 0 saturated heterocycles. The van der Waals surface area contributed by atoms with Gasteiger partial charge in [0.1, 0.15) is 22.6 Å². The van der Waals surface area contributed by atoms with Gasteiger partial charge in [0.15, 0.2) is 16.8 Å². The highest BCUT2D eigenvalue weighted by atomic mass is 32.1. The van der Waals surface area contributed by atoms with Gasteiger partial charge in [0, 0.05) is 30.7 Å². The zero-order valence-corrected chi connectivity index (χ0v) is 19.2. The number of halogens is 2. The van der Waals surface area contributed by atoms with Gasteiger partial charge in [-0.3, -0.25) is 20.1 Å². The Morgan fingerprint density at radius 1 is 1.00 bits per heavy atom. The smallest absolute Gasteiger partial charge is 0.177 e. The molecule has 0 radical (unpaired) electrons. The first-order chi connectivity index (χ1) is 17.1. The zero-order valence-electron chi connectivity index (χ0n) is 18.4. The lowest BCUT2D eigenvalue weighted by Gasteiger charge is -2.07. The van der Waals surface area contributed by atoms with Crippen molar-refractivity contribution in [2.75, 3.05) is 6.54 Å². The molecule has 0 saturated carbocycles. The summed E-state index contributed by atoms with van der Waals surface area (Å²) in [6, 6.07) is 6.68. The molecule has 0 spiro atoms. The Bertz CT molecular complexity index is 1690. The monoisotopic (exact) mass is 488 g/mol. The number of nitrogens with zero attached hydrogens (tertiary/aromatic N) is 5. The Morgan fingerprint density at radius 2 is 1.91 bits per heavy atom. The first kappa shape index (κ1) is 21.4. The van der Waals surface area contributed by atoms with Gasteiger partial charge in [-0.2, -0.15) is 9.49 Å². The summed E-state index contributed by atoms with van der Waals surface area (Å²) in [6.07, 6.45) is 6.50. The molecule has 0 fully saturated rings. The van der Waals surface area contributed by atoms with Crippen LogP contribution in [0, 0.1) is 10.9 Å². The average molecular weight is 489 g/mol. The van der Waals surface area contributed by atoms with Crippen LogP contribution in [-0.4, -0.2) is 41.7 Å². The van der Waals surface area contributed by atoms with Crippen LogP contribution in [-0.2, 0) is 6.54 Å². The first-order valence-corrected chi connectivity index (χ1v) is 11.7. The minimum absolute atomic E-state index is 0.179. The van der Waals surface area contributed by atoms with Gasteiger partial charge in [-0.1, -0.05) is 6.92 Å². The van der Waals surface area contributed by atoms with E-state index in [1.165, 1.54) is 6.07 Å². The predicted octanol–water partition coefficient (Wildman–Crippen LogP) is 5.07. The number of rotatable bonds is 6. The van der Waals surface area contributed by atoms with Gasteiger partial charge in [-0.05, 0) is 36.4 Å². The summed E-state index contributed by atoms with van der Waals surface area (Å²) in [6.45, 7) is 3.46. The Morgan fingerprint density at radius 3 is 2.74 bits per heavy atom. The van der Waals surface area contributed by atoms with E-state index in [0.29, 0.717) is 50.7 Å². The van der Waals surface area contributed by atoms with Crippen molar-refractivity contribution >= 4 is 33.3 Å². The summed E-state index contributed by atoms with van der Waals surface area (Å²) in [5.41, 5.74) is 4.22. The van der Waals surface area contributed by atoms with Crippen LogP contribution in [0.5, 0.6) is 0 Å². The number of aromatic nitrogens is 7. The highest BCUT2D eigenvalue weighted by molar-refractivity contribution is 7.13. The van der Waals surface area contributed by atoms with Gasteiger partial charge >= 0.3 is 0 Å². The molecule has 8 nitrogen and oxygen atoms in total. The molecule has 0 aliphatic rings. The largest absolute Gasteiger partial charge is 0.336 e. The highest BCUT2D eigenvalue weighted by Gasteiger charge is 2.22. The number of nitrogens with one attached hydrogen (secondary N) is 3. The number of pyridine rings is 3. The fourth-order valence-corrected chi connectivity index (χ4v) is 4.73. The lowest BCUT2D eigenvalue weighted by atomic mass is 10.1. The molecular formula is C24H18F2N8S. The van der Waals surface area contributed by atoms with Crippen LogP contribution in [0.25, 0.3) is 55.3 Å². The molecule has 3 N–H and O–H groups in total. The van der Waals surface area contributed by atoms with Crippen LogP contribution in [0.2, 0.25) is 0 Å². The molecule has 0 aliphatic carbocycles. The van der Waals surface area contributed by atoms with Crippen molar-refractivity contribution in [2.45, 2.75) is 13.5 Å². The van der Waals surface area contributed by atoms with E-state index < -0.39 is 5.82 Å². The van der Waals surface area contributed by atoms with E-state index in [1.807, 2.05) is 13.0 Å². The maximum absolute atomic E-state index is 15.9. The second-order valence-corrected chi connectivity index (χ2v) is 8.92. The molecule has 0 aliphatic heterocycles. The lowest BCUT2D eigenvalue weighted by molar-refractivity contribution is 0.638. The molecule has 174 valence electrons. The molecule has 6 aromatic heterocycles. The summed E-state index contributed by atoms with van der Waals surface area (Å²) in [5, 5.41) is 10.4. The molecule has 35 heavy (non-hydrogen) atoms. The maximum atomic E-state index is 15.9. The third-order valence-corrected chi connectivity index (χ3v) is 6.50. The number of fused-ring (bicyclic) bond motifs is 2. The minimum Gasteiger partial charge on any atom is -0.336 e.